The van der Waals surface area contributed by atoms with Crippen molar-refractivity contribution in [2.75, 3.05) is 5.32 Å². The van der Waals surface area contributed by atoms with Crippen LogP contribution in [0, 0.1) is 6.92 Å². The highest BCUT2D eigenvalue weighted by atomic mass is 32.1. The zero-order valence-corrected chi connectivity index (χ0v) is 16.7. The lowest BCUT2D eigenvalue weighted by Gasteiger charge is -2.06. The number of fused-ring (bicyclic) bond motifs is 1. The Bertz CT molecular complexity index is 1190. The molecule has 150 valence electrons. The van der Waals surface area contributed by atoms with Crippen LogP contribution in [-0.2, 0) is 4.74 Å². The minimum absolute atomic E-state index is 0.00997. The molecule has 0 spiro atoms. The van der Waals surface area contributed by atoms with E-state index in [1.165, 1.54) is 13.0 Å². The van der Waals surface area contributed by atoms with E-state index in [0.29, 0.717) is 16.5 Å². The SMILES string of the molecule is Cc1c(C(=O)OC(C)C)sc(NC(=O)c2cc3ccccc3oc2=O)c1C(N)=O. The van der Waals surface area contributed by atoms with Gasteiger partial charge in [-0.3, -0.25) is 9.59 Å². The first-order valence-electron chi connectivity index (χ1n) is 8.67. The predicted molar refractivity (Wildman–Crippen MR) is 109 cm³/mol. The first-order chi connectivity index (χ1) is 13.7. The normalized spacial score (nSPS) is 10.9. The monoisotopic (exact) mass is 414 g/mol. The summed E-state index contributed by atoms with van der Waals surface area (Å²) in [6.45, 7) is 4.92. The quantitative estimate of drug-likeness (QED) is 0.488. The van der Waals surface area contributed by atoms with Gasteiger partial charge < -0.3 is 20.2 Å². The van der Waals surface area contributed by atoms with Crippen LogP contribution >= 0.6 is 11.3 Å². The van der Waals surface area contributed by atoms with Gasteiger partial charge in [0.2, 0.25) is 0 Å². The molecule has 29 heavy (non-hydrogen) atoms. The Hall–Kier alpha value is -3.46. The molecule has 0 saturated carbocycles. The van der Waals surface area contributed by atoms with Gasteiger partial charge in [-0.25, -0.2) is 9.59 Å². The van der Waals surface area contributed by atoms with Gasteiger partial charge in [-0.2, -0.15) is 0 Å². The van der Waals surface area contributed by atoms with Gasteiger partial charge in [0.25, 0.3) is 11.8 Å². The molecule has 9 heteroatoms. The molecule has 2 heterocycles. The summed E-state index contributed by atoms with van der Waals surface area (Å²) in [5.41, 5.74) is 5.00. The highest BCUT2D eigenvalue weighted by Gasteiger charge is 2.26. The van der Waals surface area contributed by atoms with Crippen molar-refractivity contribution in [3.63, 3.8) is 0 Å². The zero-order chi connectivity index (χ0) is 21.3. The molecule has 0 atom stereocenters. The molecule has 0 aliphatic carbocycles. The number of carbonyl (C=O) groups excluding carboxylic acids is 3. The molecule has 1 aromatic carbocycles. The highest BCUT2D eigenvalue weighted by molar-refractivity contribution is 7.18. The Morgan fingerprint density at radius 1 is 1.21 bits per heavy atom. The van der Waals surface area contributed by atoms with Crippen molar-refractivity contribution in [2.24, 2.45) is 5.73 Å². The van der Waals surface area contributed by atoms with Crippen molar-refractivity contribution in [1.82, 2.24) is 0 Å². The minimum Gasteiger partial charge on any atom is -0.459 e. The maximum Gasteiger partial charge on any atom is 0.349 e. The number of para-hydroxylation sites is 1. The second kappa shape index (κ2) is 7.88. The number of primary amides is 1. The van der Waals surface area contributed by atoms with E-state index in [-0.39, 0.29) is 27.1 Å². The van der Waals surface area contributed by atoms with Crippen LogP contribution in [-0.4, -0.2) is 23.9 Å². The summed E-state index contributed by atoms with van der Waals surface area (Å²) in [7, 11) is 0. The van der Waals surface area contributed by atoms with E-state index in [1.54, 1.807) is 38.1 Å². The lowest BCUT2D eigenvalue weighted by molar-refractivity contribution is 0.0383. The van der Waals surface area contributed by atoms with E-state index >= 15 is 0 Å². The summed E-state index contributed by atoms with van der Waals surface area (Å²) in [6.07, 6.45) is -0.360. The molecule has 2 amide bonds. The third-order valence-electron chi connectivity index (χ3n) is 4.03. The van der Waals surface area contributed by atoms with E-state index in [0.717, 1.165) is 11.3 Å². The van der Waals surface area contributed by atoms with Crippen LogP contribution in [0.5, 0.6) is 0 Å². The van der Waals surface area contributed by atoms with Crippen molar-refractivity contribution in [3.05, 3.63) is 62.3 Å². The number of thiophene rings is 1. The van der Waals surface area contributed by atoms with E-state index in [1.807, 2.05) is 0 Å². The van der Waals surface area contributed by atoms with Crippen LogP contribution in [0.4, 0.5) is 5.00 Å². The number of benzene rings is 1. The van der Waals surface area contributed by atoms with Crippen LogP contribution in [0.2, 0.25) is 0 Å². The van der Waals surface area contributed by atoms with Crippen molar-refractivity contribution < 1.29 is 23.5 Å². The van der Waals surface area contributed by atoms with Crippen molar-refractivity contribution in [3.8, 4) is 0 Å². The molecule has 3 N–H and O–H groups in total. The smallest absolute Gasteiger partial charge is 0.349 e. The van der Waals surface area contributed by atoms with Crippen LogP contribution < -0.4 is 16.7 Å². The summed E-state index contributed by atoms with van der Waals surface area (Å²) in [5, 5.41) is 3.12. The third-order valence-corrected chi connectivity index (χ3v) is 5.22. The maximum atomic E-state index is 12.7. The van der Waals surface area contributed by atoms with Gasteiger partial charge >= 0.3 is 11.6 Å². The number of nitrogens with one attached hydrogen (secondary N) is 1. The topological polar surface area (TPSA) is 129 Å². The number of ether oxygens (including phenoxy) is 1. The van der Waals surface area contributed by atoms with Gasteiger partial charge in [0.1, 0.15) is 21.0 Å². The number of esters is 1. The summed E-state index contributed by atoms with van der Waals surface area (Å²) in [5.74, 6) is -2.23. The number of hydrogen-bond donors (Lipinski definition) is 2. The molecule has 0 aliphatic heterocycles. The van der Waals surface area contributed by atoms with E-state index in [4.69, 9.17) is 14.9 Å². The summed E-state index contributed by atoms with van der Waals surface area (Å²) in [4.78, 5) is 49.2. The molecule has 0 fully saturated rings. The summed E-state index contributed by atoms with van der Waals surface area (Å²) in [6, 6.07) is 8.15. The Morgan fingerprint density at radius 2 is 1.90 bits per heavy atom. The van der Waals surface area contributed by atoms with E-state index in [9.17, 15) is 19.2 Å². The molecule has 0 radical (unpaired) electrons. The van der Waals surface area contributed by atoms with Crippen LogP contribution in [0.1, 0.15) is 49.8 Å². The van der Waals surface area contributed by atoms with Crippen molar-refractivity contribution in [1.29, 1.82) is 0 Å². The highest BCUT2D eigenvalue weighted by Crippen LogP contribution is 2.34. The number of amides is 2. The molecule has 3 rings (SSSR count). The number of carbonyl (C=O) groups is 3. The molecule has 2 aromatic heterocycles. The molecule has 3 aromatic rings. The lowest BCUT2D eigenvalue weighted by atomic mass is 10.1. The summed E-state index contributed by atoms with van der Waals surface area (Å²) >= 11 is 0.857. The fourth-order valence-corrected chi connectivity index (χ4v) is 3.84. The minimum atomic E-state index is -0.824. The van der Waals surface area contributed by atoms with Crippen molar-refractivity contribution >= 4 is 45.1 Å². The molecule has 0 unspecified atom stereocenters. The summed E-state index contributed by atoms with van der Waals surface area (Å²) < 4.78 is 10.3. The maximum absolute atomic E-state index is 12.7. The zero-order valence-electron chi connectivity index (χ0n) is 15.9. The molecule has 0 aliphatic rings. The standard InChI is InChI=1S/C20H18N2O6S/c1-9(2)27-20(26)15-10(3)14(16(21)23)18(29-15)22-17(24)12-8-11-6-4-5-7-13(11)28-19(12)25/h4-9H,1-3H3,(H2,21,23)(H,22,24). The molecule has 8 nitrogen and oxygen atoms in total. The van der Waals surface area contributed by atoms with Crippen molar-refractivity contribution in [2.45, 2.75) is 26.9 Å². The van der Waals surface area contributed by atoms with Gasteiger partial charge in [0.05, 0.1) is 11.7 Å². The predicted octanol–water partition coefficient (Wildman–Crippen LogP) is 3.08. The van der Waals surface area contributed by atoms with Crippen LogP contribution in [0.15, 0.2) is 39.5 Å². The van der Waals surface area contributed by atoms with Gasteiger partial charge in [-0.05, 0) is 38.5 Å². The average Bonchev–Trinajstić information content (AvgIpc) is 2.96. The second-order valence-corrected chi connectivity index (χ2v) is 7.54. The Kier molecular flexibility index (Phi) is 5.51. The van der Waals surface area contributed by atoms with Gasteiger partial charge in [0, 0.05) is 5.39 Å². The van der Waals surface area contributed by atoms with E-state index < -0.39 is 23.4 Å². The number of nitrogens with two attached hydrogens (primary N) is 1. The average molecular weight is 414 g/mol. The first-order valence-corrected chi connectivity index (χ1v) is 9.49. The Morgan fingerprint density at radius 3 is 2.55 bits per heavy atom. The molecule has 0 bridgehead atoms. The van der Waals surface area contributed by atoms with Crippen LogP contribution in [0.3, 0.4) is 0 Å². The molecular formula is C20H18N2O6S. The largest absolute Gasteiger partial charge is 0.459 e. The Balaban J connectivity index is 2.00. The fourth-order valence-electron chi connectivity index (χ4n) is 2.75. The Labute approximate surface area is 169 Å². The number of rotatable bonds is 5. The van der Waals surface area contributed by atoms with Gasteiger partial charge in [-0.1, -0.05) is 18.2 Å². The number of hydrogen-bond acceptors (Lipinski definition) is 7. The third kappa shape index (κ3) is 4.04. The fraction of sp³-hybridized carbons (Fsp3) is 0.200. The molecular weight excluding hydrogens is 396 g/mol. The first kappa shape index (κ1) is 20.3. The van der Waals surface area contributed by atoms with Gasteiger partial charge in [0.15, 0.2) is 0 Å². The van der Waals surface area contributed by atoms with Gasteiger partial charge in [-0.15, -0.1) is 11.3 Å². The molecule has 0 saturated heterocycles. The van der Waals surface area contributed by atoms with E-state index in [2.05, 4.69) is 5.32 Å². The second-order valence-electron chi connectivity index (χ2n) is 6.52. The lowest BCUT2D eigenvalue weighted by Crippen LogP contribution is -2.22. The van der Waals surface area contributed by atoms with Crippen LogP contribution in [0.25, 0.3) is 11.0 Å². The number of anilines is 1.